The van der Waals surface area contributed by atoms with Crippen LogP contribution in [0.15, 0.2) is 52.3 Å². The Balaban J connectivity index is 1.66. The lowest BCUT2D eigenvalue weighted by atomic mass is 10.1. The van der Waals surface area contributed by atoms with Gasteiger partial charge in [0.1, 0.15) is 4.99 Å². The molecule has 2 aromatic carbocycles. The van der Waals surface area contributed by atoms with Crippen LogP contribution in [0.2, 0.25) is 0 Å². The van der Waals surface area contributed by atoms with Gasteiger partial charge in [0.25, 0.3) is 0 Å². The Bertz CT molecular complexity index is 874. The number of benzene rings is 2. The van der Waals surface area contributed by atoms with E-state index in [4.69, 9.17) is 12.2 Å². The molecule has 29 heavy (non-hydrogen) atoms. The molecular weight excluding hydrogens is 394 g/mol. The van der Waals surface area contributed by atoms with Crippen molar-refractivity contribution in [2.24, 2.45) is 5.92 Å². The quantitative estimate of drug-likeness (QED) is 0.597. The normalized spacial score (nSPS) is 17.2. The second-order valence-corrected chi connectivity index (χ2v) is 10.1. The van der Waals surface area contributed by atoms with Gasteiger partial charge >= 0.3 is 0 Å². The lowest BCUT2D eigenvalue weighted by Gasteiger charge is -2.39. The van der Waals surface area contributed by atoms with Crippen LogP contribution >= 0.6 is 24.0 Å². The molecule has 0 amide bonds. The summed E-state index contributed by atoms with van der Waals surface area (Å²) in [4.78, 5) is 8.63. The lowest BCUT2D eigenvalue weighted by Crippen LogP contribution is -2.40. The summed E-state index contributed by atoms with van der Waals surface area (Å²) in [6, 6.07) is 15.9. The van der Waals surface area contributed by atoms with E-state index in [1.165, 1.54) is 47.1 Å². The highest BCUT2D eigenvalue weighted by Crippen LogP contribution is 2.49. The average molecular weight is 426 g/mol. The van der Waals surface area contributed by atoms with Crippen molar-refractivity contribution >= 4 is 40.3 Å². The van der Waals surface area contributed by atoms with E-state index in [1.807, 2.05) is 11.8 Å². The van der Waals surface area contributed by atoms with Gasteiger partial charge in [-0.2, -0.15) is 0 Å². The van der Waals surface area contributed by atoms with Crippen molar-refractivity contribution in [3.8, 4) is 0 Å². The molecule has 0 saturated carbocycles. The zero-order valence-corrected chi connectivity index (χ0v) is 19.3. The Morgan fingerprint density at radius 3 is 2.52 bits per heavy atom. The minimum atomic E-state index is 0.404. The second kappa shape index (κ2) is 9.07. The fourth-order valence-electron chi connectivity index (χ4n) is 4.22. The van der Waals surface area contributed by atoms with Gasteiger partial charge < -0.3 is 15.1 Å². The summed E-state index contributed by atoms with van der Waals surface area (Å²) in [7, 11) is 0. The van der Waals surface area contributed by atoms with Gasteiger partial charge in [-0.25, -0.2) is 0 Å². The first-order valence-electron chi connectivity index (χ1n) is 10.7. The zero-order chi connectivity index (χ0) is 20.4. The van der Waals surface area contributed by atoms with E-state index in [0.29, 0.717) is 12.0 Å². The number of rotatable bonds is 6. The predicted molar refractivity (Wildman–Crippen MR) is 129 cm³/mol. The summed E-state index contributed by atoms with van der Waals surface area (Å²) in [6.07, 6.45) is 2.66. The third-order valence-electron chi connectivity index (χ3n) is 5.66. The Kier molecular flexibility index (Phi) is 6.47. The third-order valence-corrected chi connectivity index (χ3v) is 7.17. The summed E-state index contributed by atoms with van der Waals surface area (Å²) >= 11 is 7.56. The van der Waals surface area contributed by atoms with E-state index in [-0.39, 0.29) is 0 Å². The van der Waals surface area contributed by atoms with Crippen molar-refractivity contribution in [2.75, 3.05) is 31.1 Å². The summed E-state index contributed by atoms with van der Waals surface area (Å²) in [5, 5.41) is 3.43. The van der Waals surface area contributed by atoms with Crippen LogP contribution in [0.25, 0.3) is 0 Å². The van der Waals surface area contributed by atoms with Crippen LogP contribution in [0.5, 0.6) is 0 Å². The number of nitrogens with one attached hydrogen (secondary N) is 1. The predicted octanol–water partition coefficient (Wildman–Crippen LogP) is 5.69. The smallest absolute Gasteiger partial charge is 0.106 e. The fraction of sp³-hybridized carbons (Fsp3) is 0.458. The van der Waals surface area contributed by atoms with E-state index in [9.17, 15) is 0 Å². The van der Waals surface area contributed by atoms with Crippen molar-refractivity contribution in [2.45, 2.75) is 49.4 Å². The zero-order valence-electron chi connectivity index (χ0n) is 17.6. The molecule has 5 heteroatoms. The van der Waals surface area contributed by atoms with Crippen molar-refractivity contribution in [3.63, 3.8) is 0 Å². The Labute approximate surface area is 184 Å². The van der Waals surface area contributed by atoms with Crippen LogP contribution in [0.4, 0.5) is 11.4 Å². The molecule has 4 rings (SSSR count). The van der Waals surface area contributed by atoms with Gasteiger partial charge in [-0.15, -0.1) is 0 Å². The van der Waals surface area contributed by atoms with E-state index in [1.54, 1.807) is 0 Å². The van der Waals surface area contributed by atoms with Gasteiger partial charge in [0.15, 0.2) is 0 Å². The first kappa shape index (κ1) is 20.7. The monoisotopic (exact) mass is 425 g/mol. The van der Waals surface area contributed by atoms with Gasteiger partial charge in [-0.05, 0) is 63.0 Å². The molecule has 0 aliphatic carbocycles. The summed E-state index contributed by atoms with van der Waals surface area (Å²) in [6.45, 7) is 11.2. The highest BCUT2D eigenvalue weighted by atomic mass is 32.2. The Morgan fingerprint density at radius 1 is 1.03 bits per heavy atom. The third kappa shape index (κ3) is 4.62. The number of nitrogens with zero attached hydrogens (tertiary/aromatic N) is 2. The molecule has 2 aliphatic heterocycles. The van der Waals surface area contributed by atoms with Crippen LogP contribution in [0.3, 0.4) is 0 Å². The minimum Gasteiger partial charge on any atom is -0.376 e. The SMILES string of the molecule is CC(C)CNC(=S)c1ccc2c(c1)N([C@H](C)CN1CCCC1)c1ccccc1S2. The molecule has 2 heterocycles. The van der Waals surface area contributed by atoms with Crippen molar-refractivity contribution < 1.29 is 0 Å². The van der Waals surface area contributed by atoms with Crippen LogP contribution in [0.1, 0.15) is 39.2 Å². The molecule has 1 N–H and O–H groups in total. The molecular formula is C24H31N3S2. The Morgan fingerprint density at radius 2 is 1.76 bits per heavy atom. The average Bonchev–Trinajstić information content (AvgIpc) is 3.22. The number of anilines is 2. The van der Waals surface area contributed by atoms with E-state index >= 15 is 0 Å². The number of hydrogen-bond acceptors (Lipinski definition) is 4. The topological polar surface area (TPSA) is 18.5 Å². The molecule has 2 aliphatic rings. The van der Waals surface area contributed by atoms with Crippen molar-refractivity contribution in [1.29, 1.82) is 0 Å². The standard InChI is InChI=1S/C24H31N3S2/c1-17(2)15-25-24(28)19-10-11-23-21(14-19)27(18(3)16-26-12-6-7-13-26)20-8-4-5-9-22(20)29-23/h4-5,8-11,14,17-18H,6-7,12-13,15-16H2,1-3H3,(H,25,28)/t18-/m1/s1. The van der Waals surface area contributed by atoms with Crippen LogP contribution in [-0.4, -0.2) is 42.1 Å². The molecule has 3 nitrogen and oxygen atoms in total. The highest BCUT2D eigenvalue weighted by molar-refractivity contribution is 7.99. The van der Waals surface area contributed by atoms with Crippen LogP contribution in [0, 0.1) is 5.92 Å². The van der Waals surface area contributed by atoms with E-state index in [0.717, 1.165) is 23.6 Å². The molecule has 0 spiro atoms. The van der Waals surface area contributed by atoms with Gasteiger partial charge in [0.2, 0.25) is 0 Å². The summed E-state index contributed by atoms with van der Waals surface area (Å²) in [5.41, 5.74) is 3.71. The van der Waals surface area contributed by atoms with Gasteiger partial charge in [-0.3, -0.25) is 0 Å². The largest absolute Gasteiger partial charge is 0.376 e. The number of likely N-dealkylation sites (tertiary alicyclic amines) is 1. The molecule has 154 valence electrons. The van der Waals surface area contributed by atoms with Gasteiger partial charge in [0, 0.05) is 34.5 Å². The molecule has 1 saturated heterocycles. The maximum atomic E-state index is 5.70. The minimum absolute atomic E-state index is 0.404. The molecule has 0 unspecified atom stereocenters. The van der Waals surface area contributed by atoms with E-state index < -0.39 is 0 Å². The second-order valence-electron chi connectivity index (χ2n) is 8.58. The molecule has 1 atom stereocenters. The summed E-state index contributed by atoms with van der Waals surface area (Å²) in [5.74, 6) is 0.574. The first-order valence-corrected chi connectivity index (χ1v) is 12.0. The maximum absolute atomic E-state index is 5.70. The lowest BCUT2D eigenvalue weighted by molar-refractivity contribution is 0.319. The first-order chi connectivity index (χ1) is 14.0. The molecule has 1 fully saturated rings. The van der Waals surface area contributed by atoms with Crippen LogP contribution < -0.4 is 10.2 Å². The highest BCUT2D eigenvalue weighted by Gasteiger charge is 2.29. The van der Waals surface area contributed by atoms with Crippen molar-refractivity contribution in [3.05, 3.63) is 48.0 Å². The number of para-hydroxylation sites is 1. The van der Waals surface area contributed by atoms with Crippen molar-refractivity contribution in [1.82, 2.24) is 10.2 Å². The fourth-order valence-corrected chi connectivity index (χ4v) is 5.48. The van der Waals surface area contributed by atoms with Gasteiger partial charge in [-0.1, -0.05) is 56.0 Å². The molecule has 0 bridgehead atoms. The number of thiocarbonyl (C=S) groups is 1. The summed E-state index contributed by atoms with van der Waals surface area (Å²) < 4.78 is 0. The maximum Gasteiger partial charge on any atom is 0.106 e. The molecule has 2 aromatic rings. The van der Waals surface area contributed by atoms with E-state index in [2.05, 4.69) is 78.4 Å². The van der Waals surface area contributed by atoms with Gasteiger partial charge in [0.05, 0.1) is 11.4 Å². The number of fused-ring (bicyclic) bond motifs is 2. The molecule has 0 radical (unpaired) electrons. The number of hydrogen-bond donors (Lipinski definition) is 1. The Hall–Kier alpha value is -1.56. The molecule has 0 aromatic heterocycles. The van der Waals surface area contributed by atoms with Crippen LogP contribution in [-0.2, 0) is 0 Å².